The molecule has 37 heavy (non-hydrogen) atoms. The predicted molar refractivity (Wildman–Crippen MR) is 127 cm³/mol. The van der Waals surface area contributed by atoms with E-state index in [0.29, 0.717) is 6.42 Å². The zero-order chi connectivity index (χ0) is 27.4. The standard InChI is InChI=1S/C22H44N4O11/c1-23-6-10-14(29)16(31)17(32)22(34-10)37-20-9(25-3)5-8(24-2)19(18(20)33)36-21-15(30)12(26-4)13(28)11(7-27)35-21/h8-33H,5-7H2,1-4H3/t8-,9?,10+,11-,12?,13?,14-,15?,16-,17?,18?,19-,20?,21?,22-/m1/s1. The van der Waals surface area contributed by atoms with Gasteiger partial charge in [0.15, 0.2) is 12.6 Å². The minimum atomic E-state index is -1.58. The fourth-order valence-electron chi connectivity index (χ4n) is 5.37. The van der Waals surface area contributed by atoms with Crippen LogP contribution in [0.1, 0.15) is 6.42 Å². The van der Waals surface area contributed by atoms with Crippen molar-refractivity contribution in [3.05, 3.63) is 0 Å². The van der Waals surface area contributed by atoms with Gasteiger partial charge in [-0.05, 0) is 34.6 Å². The first-order valence-corrected chi connectivity index (χ1v) is 12.6. The summed E-state index contributed by atoms with van der Waals surface area (Å²) in [6.07, 6.45) is -14.5. The first-order chi connectivity index (χ1) is 17.6. The van der Waals surface area contributed by atoms with E-state index >= 15 is 0 Å². The summed E-state index contributed by atoms with van der Waals surface area (Å²) in [5.74, 6) is 0. The second kappa shape index (κ2) is 13.6. The van der Waals surface area contributed by atoms with Crippen LogP contribution in [-0.4, -0.2) is 169 Å². The average molecular weight is 541 g/mol. The van der Waals surface area contributed by atoms with Gasteiger partial charge in [0.2, 0.25) is 0 Å². The Morgan fingerprint density at radius 3 is 1.68 bits per heavy atom. The van der Waals surface area contributed by atoms with Gasteiger partial charge in [0.1, 0.15) is 61.0 Å². The van der Waals surface area contributed by atoms with Crippen molar-refractivity contribution in [2.75, 3.05) is 41.3 Å². The molecule has 2 heterocycles. The van der Waals surface area contributed by atoms with Gasteiger partial charge < -0.3 is 76.0 Å². The lowest BCUT2D eigenvalue weighted by Gasteiger charge is -2.49. The molecule has 2 saturated heterocycles. The van der Waals surface area contributed by atoms with Crippen LogP contribution in [-0.2, 0) is 18.9 Å². The third-order valence-corrected chi connectivity index (χ3v) is 7.59. The van der Waals surface area contributed by atoms with Crippen molar-refractivity contribution in [3.63, 3.8) is 0 Å². The van der Waals surface area contributed by atoms with Crippen LogP contribution in [0.2, 0.25) is 0 Å². The topological polar surface area (TPSA) is 227 Å². The van der Waals surface area contributed by atoms with Crippen molar-refractivity contribution >= 4 is 0 Å². The molecule has 15 heteroatoms. The van der Waals surface area contributed by atoms with Crippen LogP contribution in [0.4, 0.5) is 0 Å². The quantitative estimate of drug-likeness (QED) is 0.124. The number of aliphatic hydroxyl groups is 7. The summed E-state index contributed by atoms with van der Waals surface area (Å²) in [6.45, 7) is -0.330. The molecule has 0 aromatic rings. The summed E-state index contributed by atoms with van der Waals surface area (Å²) in [7, 11) is 6.56. The van der Waals surface area contributed by atoms with E-state index in [4.69, 9.17) is 18.9 Å². The monoisotopic (exact) mass is 540 g/mol. The Morgan fingerprint density at radius 1 is 0.649 bits per heavy atom. The Balaban J connectivity index is 1.80. The molecular weight excluding hydrogens is 496 g/mol. The number of likely N-dealkylation sites (N-methyl/N-ethyl adjacent to an activating group) is 4. The molecule has 218 valence electrons. The lowest BCUT2D eigenvalue weighted by molar-refractivity contribution is -0.334. The van der Waals surface area contributed by atoms with Crippen LogP contribution in [0.3, 0.4) is 0 Å². The van der Waals surface area contributed by atoms with Gasteiger partial charge in [0, 0.05) is 18.6 Å². The molecule has 2 aliphatic heterocycles. The summed E-state index contributed by atoms with van der Waals surface area (Å²) in [5.41, 5.74) is 0. The maximum absolute atomic E-state index is 11.4. The van der Waals surface area contributed by atoms with Gasteiger partial charge in [-0.2, -0.15) is 0 Å². The van der Waals surface area contributed by atoms with Gasteiger partial charge in [-0.1, -0.05) is 0 Å². The van der Waals surface area contributed by atoms with Gasteiger partial charge >= 0.3 is 0 Å². The number of hydrogen-bond donors (Lipinski definition) is 11. The first-order valence-electron chi connectivity index (χ1n) is 12.6. The molecule has 11 N–H and O–H groups in total. The molecule has 3 fully saturated rings. The minimum absolute atomic E-state index is 0.183. The van der Waals surface area contributed by atoms with Crippen molar-refractivity contribution in [2.45, 2.75) is 98.2 Å². The number of rotatable bonds is 10. The summed E-state index contributed by atoms with van der Waals surface area (Å²) < 4.78 is 23.4. The molecule has 0 spiro atoms. The molecule has 1 saturated carbocycles. The summed E-state index contributed by atoms with van der Waals surface area (Å²) in [5, 5.41) is 85.1. The van der Waals surface area contributed by atoms with Gasteiger partial charge in [-0.15, -0.1) is 0 Å². The van der Waals surface area contributed by atoms with Crippen LogP contribution < -0.4 is 21.3 Å². The van der Waals surface area contributed by atoms with Crippen LogP contribution in [0.15, 0.2) is 0 Å². The minimum Gasteiger partial charge on any atom is -0.394 e. The van der Waals surface area contributed by atoms with Crippen molar-refractivity contribution in [3.8, 4) is 0 Å². The molecule has 3 aliphatic rings. The van der Waals surface area contributed by atoms with Crippen LogP contribution >= 0.6 is 0 Å². The molecule has 1 aliphatic carbocycles. The van der Waals surface area contributed by atoms with Crippen molar-refractivity contribution in [1.29, 1.82) is 0 Å². The number of hydrogen-bond acceptors (Lipinski definition) is 15. The van der Waals surface area contributed by atoms with Crippen molar-refractivity contribution in [2.24, 2.45) is 0 Å². The highest BCUT2D eigenvalue weighted by Gasteiger charge is 2.52. The van der Waals surface area contributed by atoms with E-state index in [0.717, 1.165) is 0 Å². The van der Waals surface area contributed by atoms with Crippen molar-refractivity contribution < 1.29 is 54.7 Å². The largest absolute Gasteiger partial charge is 0.394 e. The maximum atomic E-state index is 11.4. The van der Waals surface area contributed by atoms with E-state index in [1.165, 1.54) is 0 Å². The van der Waals surface area contributed by atoms with Gasteiger partial charge in [0.25, 0.3) is 0 Å². The number of aliphatic hydroxyl groups excluding tert-OH is 7. The molecule has 0 radical (unpaired) electrons. The molecule has 15 nitrogen and oxygen atoms in total. The van der Waals surface area contributed by atoms with Crippen LogP contribution in [0.25, 0.3) is 0 Å². The highest BCUT2D eigenvalue weighted by Crippen LogP contribution is 2.32. The smallest absolute Gasteiger partial charge is 0.187 e. The number of nitrogens with one attached hydrogen (secondary N) is 4. The van der Waals surface area contributed by atoms with Crippen molar-refractivity contribution in [1.82, 2.24) is 21.3 Å². The number of ether oxygens (including phenoxy) is 4. The van der Waals surface area contributed by atoms with E-state index < -0.39 is 98.4 Å². The summed E-state index contributed by atoms with van der Waals surface area (Å²) in [4.78, 5) is 0. The molecule has 8 unspecified atom stereocenters. The Kier molecular flexibility index (Phi) is 11.4. The molecule has 0 bridgehead atoms. The first kappa shape index (κ1) is 30.9. The molecule has 3 rings (SSSR count). The Morgan fingerprint density at radius 2 is 1.19 bits per heavy atom. The molecule has 0 aromatic heterocycles. The zero-order valence-electron chi connectivity index (χ0n) is 21.5. The van der Waals surface area contributed by atoms with E-state index in [1.807, 2.05) is 0 Å². The van der Waals surface area contributed by atoms with Crippen LogP contribution in [0, 0.1) is 0 Å². The van der Waals surface area contributed by atoms with Gasteiger partial charge in [0.05, 0.1) is 12.6 Å². The molecule has 0 amide bonds. The predicted octanol–water partition coefficient (Wildman–Crippen LogP) is -6.25. The Labute approximate surface area is 216 Å². The lowest BCUT2D eigenvalue weighted by Crippen LogP contribution is -2.69. The van der Waals surface area contributed by atoms with E-state index in [2.05, 4.69) is 21.3 Å². The molecule has 15 atom stereocenters. The second-order valence-electron chi connectivity index (χ2n) is 9.81. The molecular formula is C22H44N4O11. The van der Waals surface area contributed by atoms with Gasteiger partial charge in [-0.3, -0.25) is 0 Å². The summed E-state index contributed by atoms with van der Waals surface area (Å²) in [6, 6.07) is -1.73. The average Bonchev–Trinajstić information content (AvgIpc) is 2.89. The fraction of sp³-hybridized carbons (Fsp3) is 1.00. The zero-order valence-corrected chi connectivity index (χ0v) is 21.5. The van der Waals surface area contributed by atoms with E-state index in [-0.39, 0.29) is 6.54 Å². The fourth-order valence-corrected chi connectivity index (χ4v) is 5.37. The second-order valence-corrected chi connectivity index (χ2v) is 9.81. The normalized spacial score (nSPS) is 49.2. The lowest BCUT2D eigenvalue weighted by atomic mass is 9.83. The Hall–Kier alpha value is -0.600. The maximum Gasteiger partial charge on any atom is 0.187 e. The highest BCUT2D eigenvalue weighted by atomic mass is 16.7. The Bertz CT molecular complexity index is 699. The third-order valence-electron chi connectivity index (χ3n) is 7.59. The van der Waals surface area contributed by atoms with E-state index in [9.17, 15) is 35.7 Å². The highest BCUT2D eigenvalue weighted by molar-refractivity contribution is 5.03. The van der Waals surface area contributed by atoms with E-state index in [1.54, 1.807) is 28.2 Å². The SMILES string of the molecule is CNC[C@@H]1O[C@H](OC2C(NC)C[C@@H](NC)[C@@H](OC3O[C@H](CO)C(O)C(NC)C3O)C2O)C(O)[C@H](O)[C@@H]1O. The third kappa shape index (κ3) is 6.42. The molecule has 0 aromatic carbocycles. The van der Waals surface area contributed by atoms with Crippen LogP contribution in [0.5, 0.6) is 0 Å². The summed E-state index contributed by atoms with van der Waals surface area (Å²) >= 11 is 0. The van der Waals surface area contributed by atoms with Gasteiger partial charge in [-0.25, -0.2) is 0 Å².